The molecule has 0 radical (unpaired) electrons. The van der Waals surface area contributed by atoms with Gasteiger partial charge in [-0.2, -0.15) is 0 Å². The summed E-state index contributed by atoms with van der Waals surface area (Å²) in [5, 5.41) is 3.42. The van der Waals surface area contributed by atoms with Gasteiger partial charge in [-0.15, -0.1) is 0 Å². The number of pyridine rings is 1. The second-order valence-corrected chi connectivity index (χ2v) is 4.04. The van der Waals surface area contributed by atoms with Gasteiger partial charge in [-0.3, -0.25) is 4.98 Å². The van der Waals surface area contributed by atoms with Crippen LogP contribution >= 0.6 is 0 Å². The summed E-state index contributed by atoms with van der Waals surface area (Å²) in [5.41, 5.74) is 3.67. The summed E-state index contributed by atoms with van der Waals surface area (Å²) in [5.74, 6) is 0. The Kier molecular flexibility index (Phi) is 3.37. The van der Waals surface area contributed by atoms with Crippen LogP contribution in [0, 0.1) is 6.92 Å². The van der Waals surface area contributed by atoms with Crippen molar-refractivity contribution in [1.29, 1.82) is 0 Å². The number of aromatic nitrogens is 2. The number of hydrogen-bond donors (Lipinski definition) is 1. The van der Waals surface area contributed by atoms with Crippen LogP contribution in [0.1, 0.15) is 16.8 Å². The van der Waals surface area contributed by atoms with Gasteiger partial charge in [-0.25, -0.2) is 0 Å². The molecule has 0 saturated heterocycles. The molecule has 0 atom stereocenters. The molecule has 0 aliphatic carbocycles. The quantitative estimate of drug-likeness (QED) is 0.845. The standard InChI is InChI=1S/C13H17N3/c1-11-13(4-3-6-15-11)9-14-8-12-5-7-16(2)10-12/h3-7,10,14H,8-9H2,1-2H3. The molecule has 0 aliphatic heterocycles. The predicted octanol–water partition coefficient (Wildman–Crippen LogP) is 2.02. The van der Waals surface area contributed by atoms with Crippen LogP contribution in [-0.2, 0) is 20.1 Å². The summed E-state index contributed by atoms with van der Waals surface area (Å²) in [6.45, 7) is 3.81. The molecule has 0 aromatic carbocycles. The van der Waals surface area contributed by atoms with E-state index in [4.69, 9.17) is 0 Å². The number of nitrogens with zero attached hydrogens (tertiary/aromatic N) is 2. The molecule has 16 heavy (non-hydrogen) atoms. The zero-order valence-corrected chi connectivity index (χ0v) is 9.77. The molecule has 0 spiro atoms. The second-order valence-electron chi connectivity index (χ2n) is 4.04. The smallest absolute Gasteiger partial charge is 0.0417 e. The number of rotatable bonds is 4. The maximum atomic E-state index is 4.26. The topological polar surface area (TPSA) is 29.9 Å². The third-order valence-electron chi connectivity index (χ3n) is 2.65. The predicted molar refractivity (Wildman–Crippen MR) is 64.9 cm³/mol. The van der Waals surface area contributed by atoms with Crippen molar-refractivity contribution < 1.29 is 0 Å². The molecule has 2 heterocycles. The first-order valence-electron chi connectivity index (χ1n) is 5.48. The van der Waals surface area contributed by atoms with E-state index in [0.717, 1.165) is 18.8 Å². The molecule has 2 aromatic heterocycles. The van der Waals surface area contributed by atoms with Crippen molar-refractivity contribution in [3.05, 3.63) is 53.6 Å². The Labute approximate surface area is 96.1 Å². The Balaban J connectivity index is 1.87. The summed E-state index contributed by atoms with van der Waals surface area (Å²) >= 11 is 0. The highest BCUT2D eigenvalue weighted by Crippen LogP contribution is 2.04. The summed E-state index contributed by atoms with van der Waals surface area (Å²) in [4.78, 5) is 4.26. The van der Waals surface area contributed by atoms with Gasteiger partial charge in [-0.1, -0.05) is 6.07 Å². The summed E-state index contributed by atoms with van der Waals surface area (Å²) in [6, 6.07) is 6.22. The summed E-state index contributed by atoms with van der Waals surface area (Å²) < 4.78 is 2.06. The first-order valence-corrected chi connectivity index (χ1v) is 5.48. The van der Waals surface area contributed by atoms with Crippen molar-refractivity contribution in [2.75, 3.05) is 0 Å². The van der Waals surface area contributed by atoms with Crippen molar-refractivity contribution >= 4 is 0 Å². The van der Waals surface area contributed by atoms with Crippen molar-refractivity contribution in [3.8, 4) is 0 Å². The normalized spacial score (nSPS) is 10.6. The van der Waals surface area contributed by atoms with E-state index in [9.17, 15) is 0 Å². The molecule has 3 heteroatoms. The highest BCUT2D eigenvalue weighted by molar-refractivity contribution is 5.18. The highest BCUT2D eigenvalue weighted by Gasteiger charge is 1.98. The van der Waals surface area contributed by atoms with Crippen LogP contribution in [0.4, 0.5) is 0 Å². The molecular weight excluding hydrogens is 198 g/mol. The molecule has 0 fully saturated rings. The lowest BCUT2D eigenvalue weighted by atomic mass is 10.2. The van der Waals surface area contributed by atoms with Crippen molar-refractivity contribution in [2.24, 2.45) is 7.05 Å². The van der Waals surface area contributed by atoms with Crippen LogP contribution < -0.4 is 5.32 Å². The molecule has 0 amide bonds. The molecule has 3 nitrogen and oxygen atoms in total. The van der Waals surface area contributed by atoms with Gasteiger partial charge in [0.2, 0.25) is 0 Å². The molecule has 0 aliphatic rings. The number of aryl methyl sites for hydroxylation is 2. The van der Waals surface area contributed by atoms with Gasteiger partial charge < -0.3 is 9.88 Å². The maximum Gasteiger partial charge on any atom is 0.0417 e. The third-order valence-corrected chi connectivity index (χ3v) is 2.65. The van der Waals surface area contributed by atoms with Crippen LogP contribution in [0.5, 0.6) is 0 Å². The molecule has 0 unspecified atom stereocenters. The largest absolute Gasteiger partial charge is 0.357 e. The molecular formula is C13H17N3. The van der Waals surface area contributed by atoms with Gasteiger partial charge in [0.1, 0.15) is 0 Å². The lowest BCUT2D eigenvalue weighted by molar-refractivity contribution is 0.686. The van der Waals surface area contributed by atoms with Gasteiger partial charge in [0.15, 0.2) is 0 Å². The van der Waals surface area contributed by atoms with E-state index in [2.05, 4.69) is 39.4 Å². The lowest BCUT2D eigenvalue weighted by Gasteiger charge is -2.05. The van der Waals surface area contributed by atoms with Crippen molar-refractivity contribution in [3.63, 3.8) is 0 Å². The SMILES string of the molecule is Cc1ncccc1CNCc1ccn(C)c1. The second kappa shape index (κ2) is 4.94. The van der Waals surface area contributed by atoms with Gasteiger partial charge in [-0.05, 0) is 30.2 Å². The Bertz CT molecular complexity index is 460. The molecule has 0 saturated carbocycles. The maximum absolute atomic E-state index is 4.26. The number of nitrogens with one attached hydrogen (secondary N) is 1. The van der Waals surface area contributed by atoms with E-state index in [1.165, 1.54) is 11.1 Å². The van der Waals surface area contributed by atoms with E-state index in [1.807, 2.05) is 26.2 Å². The Hall–Kier alpha value is -1.61. The van der Waals surface area contributed by atoms with Crippen LogP contribution in [-0.4, -0.2) is 9.55 Å². The van der Waals surface area contributed by atoms with Crippen molar-refractivity contribution in [2.45, 2.75) is 20.0 Å². The molecule has 2 rings (SSSR count). The van der Waals surface area contributed by atoms with E-state index in [-0.39, 0.29) is 0 Å². The fraction of sp³-hybridized carbons (Fsp3) is 0.308. The van der Waals surface area contributed by atoms with Gasteiger partial charge in [0, 0.05) is 44.4 Å². The molecule has 1 N–H and O–H groups in total. The van der Waals surface area contributed by atoms with Crippen LogP contribution in [0.2, 0.25) is 0 Å². The minimum absolute atomic E-state index is 0.870. The minimum Gasteiger partial charge on any atom is -0.357 e. The third kappa shape index (κ3) is 2.70. The Morgan fingerprint density at radius 3 is 2.88 bits per heavy atom. The van der Waals surface area contributed by atoms with Crippen LogP contribution in [0.3, 0.4) is 0 Å². The first-order chi connectivity index (χ1) is 7.75. The van der Waals surface area contributed by atoms with E-state index < -0.39 is 0 Å². The van der Waals surface area contributed by atoms with Crippen LogP contribution in [0.15, 0.2) is 36.8 Å². The van der Waals surface area contributed by atoms with Gasteiger partial charge in [0.05, 0.1) is 0 Å². The molecule has 0 bridgehead atoms. The average Bonchev–Trinajstić information content (AvgIpc) is 2.67. The average molecular weight is 215 g/mol. The van der Waals surface area contributed by atoms with E-state index in [1.54, 1.807) is 0 Å². The van der Waals surface area contributed by atoms with E-state index in [0.29, 0.717) is 0 Å². The lowest BCUT2D eigenvalue weighted by Crippen LogP contribution is -2.13. The van der Waals surface area contributed by atoms with Gasteiger partial charge in [0.25, 0.3) is 0 Å². The Morgan fingerprint density at radius 2 is 2.19 bits per heavy atom. The van der Waals surface area contributed by atoms with Crippen molar-refractivity contribution in [1.82, 2.24) is 14.9 Å². The fourth-order valence-corrected chi connectivity index (χ4v) is 1.71. The highest BCUT2D eigenvalue weighted by atomic mass is 14.9. The fourth-order valence-electron chi connectivity index (χ4n) is 1.71. The number of hydrogen-bond acceptors (Lipinski definition) is 2. The van der Waals surface area contributed by atoms with E-state index >= 15 is 0 Å². The van der Waals surface area contributed by atoms with Crippen LogP contribution in [0.25, 0.3) is 0 Å². The minimum atomic E-state index is 0.870. The first kappa shape index (κ1) is 10.9. The Morgan fingerprint density at radius 1 is 1.31 bits per heavy atom. The molecule has 84 valence electrons. The molecule has 2 aromatic rings. The summed E-state index contributed by atoms with van der Waals surface area (Å²) in [7, 11) is 2.04. The van der Waals surface area contributed by atoms with Gasteiger partial charge >= 0.3 is 0 Å². The summed E-state index contributed by atoms with van der Waals surface area (Å²) in [6.07, 6.45) is 6.02. The zero-order valence-electron chi connectivity index (χ0n) is 9.77. The zero-order chi connectivity index (χ0) is 11.4. The monoisotopic (exact) mass is 215 g/mol.